The number of hydrogen-bond donors (Lipinski definition) is 2. The number of phenolic OH excluding ortho intramolecular Hbond substituents is 2. The monoisotopic (exact) mass is 452 g/mol. The lowest BCUT2D eigenvalue weighted by atomic mass is 9.95. The van der Waals surface area contributed by atoms with E-state index in [1.54, 1.807) is 4.90 Å². The number of anilines is 1. The lowest BCUT2D eigenvalue weighted by Crippen LogP contribution is -2.30. The van der Waals surface area contributed by atoms with Gasteiger partial charge in [0.05, 0.1) is 12.1 Å². The summed E-state index contributed by atoms with van der Waals surface area (Å²) in [5.41, 5.74) is 6.30. The van der Waals surface area contributed by atoms with E-state index < -0.39 is 0 Å². The predicted molar refractivity (Wildman–Crippen MR) is 137 cm³/mol. The number of carbonyl (C=O) groups excluding carboxylic acids is 1. The van der Waals surface area contributed by atoms with Crippen LogP contribution in [0.1, 0.15) is 48.2 Å². The molecule has 0 unspecified atom stereocenters. The first-order chi connectivity index (χ1) is 16.5. The number of rotatable bonds is 6. The first-order valence-corrected chi connectivity index (χ1v) is 11.4. The molecule has 1 heterocycles. The van der Waals surface area contributed by atoms with Crippen LogP contribution in [0.5, 0.6) is 11.5 Å². The summed E-state index contributed by atoms with van der Waals surface area (Å²) in [4.78, 5) is 19.7. The van der Waals surface area contributed by atoms with Crippen LogP contribution in [0.15, 0.2) is 95.6 Å². The smallest absolute Gasteiger partial charge is 0.262 e. The zero-order valence-corrected chi connectivity index (χ0v) is 19.4. The fraction of sp³-hybridized carbons (Fsp3) is 0.172. The van der Waals surface area contributed by atoms with Gasteiger partial charge in [-0.2, -0.15) is 0 Å². The zero-order chi connectivity index (χ0) is 24.1. The molecule has 2 N–H and O–H groups in total. The summed E-state index contributed by atoms with van der Waals surface area (Å²) in [6, 6.07) is 21.6. The van der Waals surface area contributed by atoms with E-state index in [1.165, 1.54) is 23.8 Å². The lowest BCUT2D eigenvalue weighted by Gasteiger charge is -2.24. The SMILES string of the molecule is CCC1=CN=C(C)CC=C1c1ccc(N(Cc2ccccc2)C(=O)c2ccc(O)cc2O)cc1. The van der Waals surface area contributed by atoms with Crippen LogP contribution in [-0.2, 0) is 6.54 Å². The number of aliphatic imine (C=N–C) groups is 1. The molecule has 0 saturated carbocycles. The molecule has 0 spiro atoms. The molecule has 0 fully saturated rings. The summed E-state index contributed by atoms with van der Waals surface area (Å²) in [5.74, 6) is -0.693. The molecule has 0 radical (unpaired) electrons. The lowest BCUT2D eigenvalue weighted by molar-refractivity contribution is 0.0982. The quantitative estimate of drug-likeness (QED) is 0.449. The number of hydrogen-bond acceptors (Lipinski definition) is 4. The second-order valence-electron chi connectivity index (χ2n) is 8.32. The minimum Gasteiger partial charge on any atom is -0.508 e. The Kier molecular flexibility index (Phi) is 6.93. The highest BCUT2D eigenvalue weighted by Crippen LogP contribution is 2.31. The third-order valence-corrected chi connectivity index (χ3v) is 5.90. The van der Waals surface area contributed by atoms with E-state index in [2.05, 4.69) is 18.0 Å². The molecular weight excluding hydrogens is 424 g/mol. The third kappa shape index (κ3) is 5.09. The predicted octanol–water partition coefficient (Wildman–Crippen LogP) is 6.49. The van der Waals surface area contributed by atoms with E-state index in [1.807, 2.05) is 67.7 Å². The van der Waals surface area contributed by atoms with E-state index >= 15 is 0 Å². The van der Waals surface area contributed by atoms with Crippen molar-refractivity contribution in [2.75, 3.05) is 4.90 Å². The molecule has 3 aromatic rings. The molecule has 0 saturated heterocycles. The molecule has 1 aliphatic heterocycles. The highest BCUT2D eigenvalue weighted by molar-refractivity contribution is 6.08. The average Bonchev–Trinajstić information content (AvgIpc) is 3.04. The Bertz CT molecular complexity index is 1270. The van der Waals surface area contributed by atoms with Gasteiger partial charge < -0.3 is 15.1 Å². The fourth-order valence-electron chi connectivity index (χ4n) is 3.99. The first-order valence-electron chi connectivity index (χ1n) is 11.4. The van der Waals surface area contributed by atoms with E-state index in [-0.39, 0.29) is 23.0 Å². The number of allylic oxidation sites excluding steroid dienone is 3. The molecule has 0 aromatic heterocycles. The minimum absolute atomic E-state index is 0.0938. The highest BCUT2D eigenvalue weighted by Gasteiger charge is 2.22. The van der Waals surface area contributed by atoms with Gasteiger partial charge in [-0.1, -0.05) is 55.5 Å². The number of aromatic hydroxyl groups is 2. The van der Waals surface area contributed by atoms with Crippen LogP contribution in [0.2, 0.25) is 0 Å². The Morgan fingerprint density at radius 2 is 1.74 bits per heavy atom. The van der Waals surface area contributed by atoms with E-state index in [4.69, 9.17) is 0 Å². The largest absolute Gasteiger partial charge is 0.508 e. The normalized spacial score (nSPS) is 13.4. The Hall–Kier alpha value is -4.12. The molecular formula is C29H28N2O3. The number of phenols is 2. The van der Waals surface area contributed by atoms with Gasteiger partial charge in [-0.3, -0.25) is 9.79 Å². The highest BCUT2D eigenvalue weighted by atomic mass is 16.3. The summed E-state index contributed by atoms with van der Waals surface area (Å²) >= 11 is 0. The summed E-state index contributed by atoms with van der Waals surface area (Å²) in [6.07, 6.45) is 5.83. The van der Waals surface area contributed by atoms with Crippen molar-refractivity contribution in [1.82, 2.24) is 0 Å². The van der Waals surface area contributed by atoms with Gasteiger partial charge in [0, 0.05) is 30.1 Å². The maximum Gasteiger partial charge on any atom is 0.262 e. The molecule has 1 amide bonds. The van der Waals surface area contributed by atoms with Crippen LogP contribution in [0.25, 0.3) is 5.57 Å². The zero-order valence-electron chi connectivity index (χ0n) is 19.4. The second kappa shape index (κ2) is 10.2. The van der Waals surface area contributed by atoms with Crippen LogP contribution >= 0.6 is 0 Å². The van der Waals surface area contributed by atoms with Crippen molar-refractivity contribution in [3.63, 3.8) is 0 Å². The Morgan fingerprint density at radius 1 is 1.00 bits per heavy atom. The van der Waals surface area contributed by atoms with Gasteiger partial charge in [-0.05, 0) is 59.9 Å². The van der Waals surface area contributed by atoms with Crippen LogP contribution in [-0.4, -0.2) is 21.8 Å². The average molecular weight is 453 g/mol. The second-order valence-corrected chi connectivity index (χ2v) is 8.32. The van der Waals surface area contributed by atoms with Crippen LogP contribution in [0, 0.1) is 0 Å². The number of carbonyl (C=O) groups is 1. The standard InChI is InChI=1S/C29H28N2O3/c1-3-22-18-30-20(2)9-15-26(22)23-10-12-24(13-11-23)31(19-21-7-5-4-6-8-21)29(34)27-16-14-25(32)17-28(27)33/h4-8,10-18,32-33H,3,9,19H2,1-2H3. The number of benzene rings is 3. The van der Waals surface area contributed by atoms with Crippen molar-refractivity contribution in [2.45, 2.75) is 33.2 Å². The Morgan fingerprint density at radius 3 is 2.41 bits per heavy atom. The van der Waals surface area contributed by atoms with E-state index in [0.29, 0.717) is 12.2 Å². The van der Waals surface area contributed by atoms with Gasteiger partial charge in [-0.25, -0.2) is 0 Å². The van der Waals surface area contributed by atoms with E-state index in [9.17, 15) is 15.0 Å². The molecule has 0 aliphatic carbocycles. The molecule has 4 rings (SSSR count). The molecule has 1 aliphatic rings. The Labute approximate surface area is 200 Å². The molecule has 5 heteroatoms. The molecule has 0 atom stereocenters. The van der Waals surface area contributed by atoms with Crippen molar-refractivity contribution >= 4 is 22.9 Å². The summed E-state index contributed by atoms with van der Waals surface area (Å²) < 4.78 is 0. The molecule has 3 aromatic carbocycles. The molecule has 0 bridgehead atoms. The summed E-state index contributed by atoms with van der Waals surface area (Å²) in [7, 11) is 0. The van der Waals surface area contributed by atoms with Gasteiger partial charge in [0.25, 0.3) is 5.91 Å². The third-order valence-electron chi connectivity index (χ3n) is 5.90. The van der Waals surface area contributed by atoms with Crippen molar-refractivity contribution in [3.05, 3.63) is 107 Å². The van der Waals surface area contributed by atoms with E-state index in [0.717, 1.165) is 35.3 Å². The first kappa shape index (κ1) is 23.1. The number of amides is 1. The van der Waals surface area contributed by atoms with Crippen molar-refractivity contribution in [2.24, 2.45) is 4.99 Å². The van der Waals surface area contributed by atoms with Crippen molar-refractivity contribution in [1.29, 1.82) is 0 Å². The fourth-order valence-corrected chi connectivity index (χ4v) is 3.99. The van der Waals surface area contributed by atoms with Gasteiger partial charge in [-0.15, -0.1) is 0 Å². The molecule has 5 nitrogen and oxygen atoms in total. The summed E-state index contributed by atoms with van der Waals surface area (Å²) in [6.45, 7) is 4.49. The van der Waals surface area contributed by atoms with Gasteiger partial charge in [0.15, 0.2) is 0 Å². The van der Waals surface area contributed by atoms with Crippen LogP contribution in [0.3, 0.4) is 0 Å². The van der Waals surface area contributed by atoms with Crippen molar-refractivity contribution in [3.8, 4) is 11.5 Å². The summed E-state index contributed by atoms with van der Waals surface area (Å²) in [5, 5.41) is 19.9. The topological polar surface area (TPSA) is 73.1 Å². The van der Waals surface area contributed by atoms with Gasteiger partial charge >= 0.3 is 0 Å². The maximum absolute atomic E-state index is 13.5. The van der Waals surface area contributed by atoms with Gasteiger partial charge in [0.2, 0.25) is 0 Å². The minimum atomic E-state index is -0.346. The Balaban J connectivity index is 1.70. The molecule has 172 valence electrons. The maximum atomic E-state index is 13.5. The molecule has 34 heavy (non-hydrogen) atoms. The number of nitrogens with zero attached hydrogens (tertiary/aromatic N) is 2. The van der Waals surface area contributed by atoms with Crippen LogP contribution in [0.4, 0.5) is 5.69 Å². The van der Waals surface area contributed by atoms with Crippen molar-refractivity contribution < 1.29 is 15.0 Å². The van der Waals surface area contributed by atoms with Gasteiger partial charge in [0.1, 0.15) is 11.5 Å². The van der Waals surface area contributed by atoms with Crippen LogP contribution < -0.4 is 4.90 Å².